The highest BCUT2D eigenvalue weighted by atomic mass is 35.5. The smallest absolute Gasteiger partial charge is 0.255 e. The van der Waals surface area contributed by atoms with Gasteiger partial charge < -0.3 is 20.4 Å². The molecule has 6 nitrogen and oxygen atoms in total. The number of H-pyrrole nitrogens is 1. The van der Waals surface area contributed by atoms with Gasteiger partial charge in [0.25, 0.3) is 5.56 Å². The van der Waals surface area contributed by atoms with Crippen LogP contribution in [0.5, 0.6) is 5.75 Å². The molecule has 0 radical (unpaired) electrons. The lowest BCUT2D eigenvalue weighted by Crippen LogP contribution is -2.45. The molecule has 1 aliphatic rings. The summed E-state index contributed by atoms with van der Waals surface area (Å²) in [7, 11) is 0. The highest BCUT2D eigenvalue weighted by Crippen LogP contribution is 2.31. The number of rotatable bonds is 4. The number of carbonyl (C=O) groups is 1. The monoisotopic (exact) mass is 411 g/mol. The SMILES string of the molecule is NC(C(=O)N1CCC(Oc2cc3cc[nH]c(=O)c3cc2Cl)CC1)c1ccccc1. The van der Waals surface area contributed by atoms with Crippen LogP contribution in [0.1, 0.15) is 24.4 Å². The second kappa shape index (κ2) is 8.27. The number of piperidine rings is 1. The first-order valence-electron chi connectivity index (χ1n) is 9.60. The molecule has 0 saturated carbocycles. The molecule has 1 amide bonds. The summed E-state index contributed by atoms with van der Waals surface area (Å²) in [6.45, 7) is 1.16. The largest absolute Gasteiger partial charge is 0.489 e. The zero-order valence-corrected chi connectivity index (χ0v) is 16.6. The number of pyridine rings is 1. The number of nitrogens with two attached hydrogens (primary N) is 1. The van der Waals surface area contributed by atoms with Gasteiger partial charge in [-0.05, 0) is 29.1 Å². The zero-order chi connectivity index (χ0) is 20.4. The normalized spacial score (nSPS) is 16.0. The van der Waals surface area contributed by atoms with Crippen LogP contribution >= 0.6 is 11.6 Å². The quantitative estimate of drug-likeness (QED) is 0.689. The van der Waals surface area contributed by atoms with Crippen molar-refractivity contribution in [2.24, 2.45) is 5.73 Å². The zero-order valence-electron chi connectivity index (χ0n) is 15.8. The first-order chi connectivity index (χ1) is 14.0. The van der Waals surface area contributed by atoms with E-state index >= 15 is 0 Å². The van der Waals surface area contributed by atoms with E-state index < -0.39 is 6.04 Å². The van der Waals surface area contributed by atoms with Gasteiger partial charge in [0.15, 0.2) is 0 Å². The number of benzene rings is 2. The number of likely N-dealkylation sites (tertiary alicyclic amines) is 1. The van der Waals surface area contributed by atoms with Crippen LogP contribution in [0.4, 0.5) is 0 Å². The summed E-state index contributed by atoms with van der Waals surface area (Å²) < 4.78 is 6.09. The molecular weight excluding hydrogens is 390 g/mol. The van der Waals surface area contributed by atoms with Crippen molar-refractivity contribution in [2.75, 3.05) is 13.1 Å². The van der Waals surface area contributed by atoms with Gasteiger partial charge in [-0.3, -0.25) is 9.59 Å². The van der Waals surface area contributed by atoms with Gasteiger partial charge in [-0.25, -0.2) is 0 Å². The predicted octanol–water partition coefficient (Wildman–Crippen LogP) is 3.25. The molecule has 0 bridgehead atoms. The van der Waals surface area contributed by atoms with E-state index in [1.165, 1.54) is 0 Å². The number of amides is 1. The average Bonchev–Trinajstić information content (AvgIpc) is 2.75. The van der Waals surface area contributed by atoms with E-state index in [2.05, 4.69) is 4.98 Å². The Bertz CT molecular complexity index is 1080. The third-order valence-corrected chi connectivity index (χ3v) is 5.59. The van der Waals surface area contributed by atoms with Crippen LogP contribution in [-0.2, 0) is 4.79 Å². The summed E-state index contributed by atoms with van der Waals surface area (Å²) in [6.07, 6.45) is 2.93. The van der Waals surface area contributed by atoms with Crippen molar-refractivity contribution in [1.29, 1.82) is 0 Å². The molecule has 29 heavy (non-hydrogen) atoms. The molecule has 150 valence electrons. The van der Waals surface area contributed by atoms with E-state index in [4.69, 9.17) is 22.1 Å². The van der Waals surface area contributed by atoms with Gasteiger partial charge in [-0.1, -0.05) is 41.9 Å². The fourth-order valence-corrected chi connectivity index (χ4v) is 3.86. The first kappa shape index (κ1) is 19.5. The Morgan fingerprint density at radius 3 is 2.62 bits per heavy atom. The second-order valence-corrected chi connectivity index (χ2v) is 7.61. The van der Waals surface area contributed by atoms with Crippen molar-refractivity contribution in [3.8, 4) is 5.75 Å². The van der Waals surface area contributed by atoms with Crippen LogP contribution in [0.15, 0.2) is 59.5 Å². The lowest BCUT2D eigenvalue weighted by molar-refractivity contribution is -0.134. The number of hydrogen-bond acceptors (Lipinski definition) is 4. The Hall–Kier alpha value is -2.83. The molecule has 3 aromatic rings. The standard InChI is InChI=1S/C22H22ClN3O3/c23-18-13-17-15(6-9-25-21(17)27)12-19(18)29-16-7-10-26(11-8-16)22(28)20(24)14-4-2-1-3-5-14/h1-6,9,12-13,16,20H,7-8,10-11,24H2,(H,25,27). The van der Waals surface area contributed by atoms with Crippen molar-refractivity contribution < 1.29 is 9.53 Å². The molecule has 1 atom stereocenters. The molecule has 2 heterocycles. The van der Waals surface area contributed by atoms with Crippen LogP contribution < -0.4 is 16.0 Å². The Kier molecular flexibility index (Phi) is 5.56. The molecule has 1 saturated heterocycles. The summed E-state index contributed by atoms with van der Waals surface area (Å²) >= 11 is 6.32. The molecule has 1 aliphatic heterocycles. The molecule has 7 heteroatoms. The van der Waals surface area contributed by atoms with Crippen LogP contribution in [0.2, 0.25) is 5.02 Å². The van der Waals surface area contributed by atoms with Crippen molar-refractivity contribution in [3.63, 3.8) is 0 Å². The van der Waals surface area contributed by atoms with E-state index in [-0.39, 0.29) is 17.6 Å². The van der Waals surface area contributed by atoms with Crippen molar-refractivity contribution in [2.45, 2.75) is 25.0 Å². The first-order valence-corrected chi connectivity index (χ1v) is 9.97. The number of nitrogens with one attached hydrogen (secondary N) is 1. The fraction of sp³-hybridized carbons (Fsp3) is 0.273. The molecule has 1 aromatic heterocycles. The van der Waals surface area contributed by atoms with E-state index in [9.17, 15) is 9.59 Å². The van der Waals surface area contributed by atoms with E-state index in [0.717, 1.165) is 10.9 Å². The topological polar surface area (TPSA) is 88.4 Å². The molecule has 0 aliphatic carbocycles. The van der Waals surface area contributed by atoms with Gasteiger partial charge in [0.1, 0.15) is 17.9 Å². The number of carbonyl (C=O) groups excluding carboxylic acids is 1. The van der Waals surface area contributed by atoms with Gasteiger partial charge in [-0.15, -0.1) is 0 Å². The summed E-state index contributed by atoms with van der Waals surface area (Å²) in [5.41, 5.74) is 6.78. The van der Waals surface area contributed by atoms with Crippen molar-refractivity contribution in [3.05, 3.63) is 75.7 Å². The van der Waals surface area contributed by atoms with Crippen LogP contribution in [0, 0.1) is 0 Å². The summed E-state index contributed by atoms with van der Waals surface area (Å²) in [4.78, 5) is 29.0. The molecule has 1 fully saturated rings. The maximum Gasteiger partial charge on any atom is 0.255 e. The Morgan fingerprint density at radius 2 is 1.90 bits per heavy atom. The summed E-state index contributed by atoms with van der Waals surface area (Å²) in [6, 6.07) is 14.0. The lowest BCUT2D eigenvalue weighted by atomic mass is 10.0. The maximum atomic E-state index is 12.7. The van der Waals surface area contributed by atoms with Gasteiger partial charge in [0, 0.05) is 37.5 Å². The summed E-state index contributed by atoms with van der Waals surface area (Å²) in [5, 5.41) is 1.70. The number of nitrogens with zero attached hydrogens (tertiary/aromatic N) is 1. The van der Waals surface area contributed by atoms with E-state index in [1.54, 1.807) is 23.2 Å². The summed E-state index contributed by atoms with van der Waals surface area (Å²) in [5.74, 6) is 0.480. The van der Waals surface area contributed by atoms with E-state index in [1.807, 2.05) is 36.4 Å². The molecule has 1 unspecified atom stereocenters. The maximum absolute atomic E-state index is 12.7. The third-order valence-electron chi connectivity index (χ3n) is 5.30. The fourth-order valence-electron chi connectivity index (χ4n) is 3.65. The van der Waals surface area contributed by atoms with Gasteiger partial charge in [-0.2, -0.15) is 0 Å². The second-order valence-electron chi connectivity index (χ2n) is 7.21. The number of aromatic nitrogens is 1. The lowest BCUT2D eigenvalue weighted by Gasteiger charge is -2.33. The molecular formula is C22H22ClN3O3. The van der Waals surface area contributed by atoms with Crippen LogP contribution in [0.3, 0.4) is 0 Å². The van der Waals surface area contributed by atoms with Gasteiger partial charge in [0.05, 0.1) is 5.02 Å². The third kappa shape index (κ3) is 4.13. The number of aromatic amines is 1. The molecule has 3 N–H and O–H groups in total. The van der Waals surface area contributed by atoms with Crippen LogP contribution in [-0.4, -0.2) is 35.0 Å². The van der Waals surface area contributed by atoms with Crippen molar-refractivity contribution in [1.82, 2.24) is 9.88 Å². The van der Waals surface area contributed by atoms with Gasteiger partial charge in [0.2, 0.25) is 5.91 Å². The molecule has 4 rings (SSSR count). The Morgan fingerprint density at radius 1 is 1.17 bits per heavy atom. The number of ether oxygens (including phenoxy) is 1. The van der Waals surface area contributed by atoms with Gasteiger partial charge >= 0.3 is 0 Å². The van der Waals surface area contributed by atoms with Crippen LogP contribution in [0.25, 0.3) is 10.8 Å². The highest BCUT2D eigenvalue weighted by Gasteiger charge is 2.28. The Balaban J connectivity index is 1.40. The molecule has 0 spiro atoms. The predicted molar refractivity (Wildman–Crippen MR) is 113 cm³/mol. The molecule has 2 aromatic carbocycles. The van der Waals surface area contributed by atoms with E-state index in [0.29, 0.717) is 42.1 Å². The highest BCUT2D eigenvalue weighted by molar-refractivity contribution is 6.32. The number of fused-ring (bicyclic) bond motifs is 1. The Labute approximate surface area is 173 Å². The average molecular weight is 412 g/mol. The minimum Gasteiger partial charge on any atom is -0.489 e. The van der Waals surface area contributed by atoms with Crippen molar-refractivity contribution >= 4 is 28.3 Å². The number of hydrogen-bond donors (Lipinski definition) is 2. The minimum atomic E-state index is -0.651. The minimum absolute atomic E-state index is 0.0519. The number of halogens is 1.